The number of carboxylic acid groups (broad SMARTS) is 1. The van der Waals surface area contributed by atoms with Crippen molar-refractivity contribution in [3.63, 3.8) is 0 Å². The van der Waals surface area contributed by atoms with Crippen molar-refractivity contribution >= 4 is 52.1 Å². The van der Waals surface area contributed by atoms with Crippen LogP contribution in [0.2, 0.25) is 5.02 Å². The highest BCUT2D eigenvalue weighted by atomic mass is 127. The van der Waals surface area contributed by atoms with E-state index >= 15 is 0 Å². The molecule has 3 rings (SSSR count). The van der Waals surface area contributed by atoms with Gasteiger partial charge in [0.1, 0.15) is 12.3 Å². The van der Waals surface area contributed by atoms with Gasteiger partial charge in [0.05, 0.1) is 10.2 Å². The molecule has 0 bridgehead atoms. The van der Waals surface area contributed by atoms with E-state index in [0.29, 0.717) is 40.9 Å². The third-order valence-electron chi connectivity index (χ3n) is 4.43. The Hall–Kier alpha value is -3.04. The number of ether oxygens (including phenoxy) is 2. The van der Waals surface area contributed by atoms with Crippen molar-refractivity contribution in [2.75, 3.05) is 6.61 Å². The second-order valence-electron chi connectivity index (χ2n) is 6.86. The molecule has 0 spiro atoms. The standard InChI is InChI=1S/C25H21ClINO5/c1-2-32-22-14-17(12-20(27)23(22)33-15-16-7-6-10-19(26)11-16)13-21(25(30)31)28-24(29)18-8-4-3-5-9-18/h3-14H,2,15H2,1H3,(H,28,29)(H,30,31). The van der Waals surface area contributed by atoms with Gasteiger partial charge in [-0.2, -0.15) is 0 Å². The first-order chi connectivity index (χ1) is 15.9. The average molecular weight is 578 g/mol. The van der Waals surface area contributed by atoms with Gasteiger partial charge in [-0.3, -0.25) is 4.79 Å². The largest absolute Gasteiger partial charge is 0.490 e. The third kappa shape index (κ3) is 6.97. The second-order valence-corrected chi connectivity index (χ2v) is 8.46. The Morgan fingerprint density at radius 1 is 1.06 bits per heavy atom. The van der Waals surface area contributed by atoms with Crippen molar-refractivity contribution in [2.24, 2.45) is 0 Å². The lowest BCUT2D eigenvalue weighted by Gasteiger charge is -2.15. The molecule has 3 aromatic rings. The van der Waals surface area contributed by atoms with Crippen molar-refractivity contribution < 1.29 is 24.2 Å². The lowest BCUT2D eigenvalue weighted by Crippen LogP contribution is -2.27. The predicted octanol–water partition coefficient (Wildman–Crippen LogP) is 5.78. The Balaban J connectivity index is 1.87. The minimum Gasteiger partial charge on any atom is -0.490 e. The molecule has 0 aliphatic carbocycles. The molecule has 0 aromatic heterocycles. The van der Waals surface area contributed by atoms with Gasteiger partial charge in [-0.25, -0.2) is 4.79 Å². The van der Waals surface area contributed by atoms with Crippen molar-refractivity contribution in [2.45, 2.75) is 13.5 Å². The van der Waals surface area contributed by atoms with E-state index in [4.69, 9.17) is 21.1 Å². The Morgan fingerprint density at radius 3 is 2.48 bits per heavy atom. The van der Waals surface area contributed by atoms with Gasteiger partial charge in [-0.15, -0.1) is 0 Å². The van der Waals surface area contributed by atoms with Crippen LogP contribution in [0.4, 0.5) is 0 Å². The lowest BCUT2D eigenvalue weighted by molar-refractivity contribution is -0.132. The maximum atomic E-state index is 12.4. The monoisotopic (exact) mass is 577 g/mol. The van der Waals surface area contributed by atoms with Gasteiger partial charge in [0, 0.05) is 10.6 Å². The van der Waals surface area contributed by atoms with Crippen molar-refractivity contribution in [1.29, 1.82) is 0 Å². The third-order valence-corrected chi connectivity index (χ3v) is 5.47. The number of hydrogen-bond donors (Lipinski definition) is 2. The minimum atomic E-state index is -1.26. The molecule has 170 valence electrons. The first-order valence-corrected chi connectivity index (χ1v) is 11.5. The molecule has 0 aliphatic heterocycles. The molecule has 33 heavy (non-hydrogen) atoms. The van der Waals surface area contributed by atoms with E-state index in [2.05, 4.69) is 27.9 Å². The van der Waals surface area contributed by atoms with E-state index < -0.39 is 11.9 Å². The fourth-order valence-corrected chi connectivity index (χ4v) is 3.95. The Bertz CT molecular complexity index is 1180. The highest BCUT2D eigenvalue weighted by Crippen LogP contribution is 2.35. The molecule has 8 heteroatoms. The average Bonchev–Trinajstić information content (AvgIpc) is 2.79. The molecule has 3 aromatic carbocycles. The summed E-state index contributed by atoms with van der Waals surface area (Å²) in [5.41, 5.74) is 1.55. The topological polar surface area (TPSA) is 84.9 Å². The quantitative estimate of drug-likeness (QED) is 0.249. The Morgan fingerprint density at radius 2 is 1.82 bits per heavy atom. The zero-order valence-corrected chi connectivity index (χ0v) is 20.6. The van der Waals surface area contributed by atoms with Crippen LogP contribution in [-0.2, 0) is 11.4 Å². The van der Waals surface area contributed by atoms with Crippen LogP contribution < -0.4 is 14.8 Å². The van der Waals surface area contributed by atoms with Gasteiger partial charge < -0.3 is 19.9 Å². The van der Waals surface area contributed by atoms with Gasteiger partial charge >= 0.3 is 5.97 Å². The first kappa shape index (κ1) is 24.6. The molecule has 1 amide bonds. The zero-order chi connectivity index (χ0) is 23.8. The van der Waals surface area contributed by atoms with Crippen LogP contribution in [0.1, 0.15) is 28.4 Å². The number of hydrogen-bond acceptors (Lipinski definition) is 4. The van der Waals surface area contributed by atoms with E-state index in [1.165, 1.54) is 6.08 Å². The molecule has 0 heterocycles. The number of nitrogens with one attached hydrogen (secondary N) is 1. The van der Waals surface area contributed by atoms with Crippen molar-refractivity contribution in [3.8, 4) is 11.5 Å². The van der Waals surface area contributed by atoms with E-state index in [1.807, 2.05) is 25.1 Å². The van der Waals surface area contributed by atoms with Gasteiger partial charge in [-0.1, -0.05) is 41.9 Å². The maximum Gasteiger partial charge on any atom is 0.352 e. The van der Waals surface area contributed by atoms with E-state index in [0.717, 1.165) is 9.13 Å². The van der Waals surface area contributed by atoms with Crippen molar-refractivity contribution in [3.05, 3.63) is 97.7 Å². The van der Waals surface area contributed by atoms with E-state index in [9.17, 15) is 14.7 Å². The zero-order valence-electron chi connectivity index (χ0n) is 17.7. The number of carbonyl (C=O) groups is 2. The van der Waals surface area contributed by atoms with Crippen LogP contribution in [0.5, 0.6) is 11.5 Å². The number of carboxylic acids is 1. The molecular formula is C25H21ClINO5. The predicted molar refractivity (Wildman–Crippen MR) is 136 cm³/mol. The van der Waals surface area contributed by atoms with Crippen LogP contribution in [0.3, 0.4) is 0 Å². The summed E-state index contributed by atoms with van der Waals surface area (Å²) in [7, 11) is 0. The molecule has 0 fully saturated rings. The number of aliphatic carboxylic acids is 1. The molecule has 0 unspecified atom stereocenters. The van der Waals surface area contributed by atoms with Gasteiger partial charge in [-0.05, 0) is 83.1 Å². The van der Waals surface area contributed by atoms with Gasteiger partial charge in [0.25, 0.3) is 5.91 Å². The lowest BCUT2D eigenvalue weighted by atomic mass is 10.1. The molecule has 6 nitrogen and oxygen atoms in total. The highest BCUT2D eigenvalue weighted by molar-refractivity contribution is 14.1. The maximum absolute atomic E-state index is 12.4. The van der Waals surface area contributed by atoms with Crippen LogP contribution >= 0.6 is 34.2 Å². The summed E-state index contributed by atoms with van der Waals surface area (Å²) in [6.45, 7) is 2.53. The summed E-state index contributed by atoms with van der Waals surface area (Å²) in [4.78, 5) is 24.2. The van der Waals surface area contributed by atoms with Crippen LogP contribution in [0.25, 0.3) is 6.08 Å². The van der Waals surface area contributed by atoms with Gasteiger partial charge in [0.2, 0.25) is 0 Å². The number of rotatable bonds is 9. The Kier molecular flexibility index (Phi) is 8.73. The second kappa shape index (κ2) is 11.7. The van der Waals surface area contributed by atoms with E-state index in [-0.39, 0.29) is 5.70 Å². The molecule has 0 radical (unpaired) electrons. The normalized spacial score (nSPS) is 11.1. The fraction of sp³-hybridized carbons (Fsp3) is 0.120. The van der Waals surface area contributed by atoms with Crippen LogP contribution in [0, 0.1) is 3.57 Å². The molecule has 0 aliphatic rings. The number of halogens is 2. The summed E-state index contributed by atoms with van der Waals surface area (Å²) >= 11 is 8.15. The smallest absolute Gasteiger partial charge is 0.352 e. The molecule has 0 atom stereocenters. The highest BCUT2D eigenvalue weighted by Gasteiger charge is 2.16. The fourth-order valence-electron chi connectivity index (χ4n) is 2.96. The van der Waals surface area contributed by atoms with Crippen LogP contribution in [0.15, 0.2) is 72.4 Å². The van der Waals surface area contributed by atoms with Gasteiger partial charge in [0.15, 0.2) is 11.5 Å². The van der Waals surface area contributed by atoms with E-state index in [1.54, 1.807) is 48.5 Å². The summed E-state index contributed by atoms with van der Waals surface area (Å²) in [5, 5.41) is 12.7. The Labute approximate surface area is 210 Å². The molecule has 0 saturated carbocycles. The number of benzene rings is 3. The number of amides is 1. The summed E-state index contributed by atoms with van der Waals surface area (Å²) < 4.78 is 12.5. The molecular weight excluding hydrogens is 557 g/mol. The van der Waals surface area contributed by atoms with Crippen LogP contribution in [-0.4, -0.2) is 23.6 Å². The first-order valence-electron chi connectivity index (χ1n) is 10.0. The summed E-state index contributed by atoms with van der Waals surface area (Å²) in [6.07, 6.45) is 1.38. The summed E-state index contributed by atoms with van der Waals surface area (Å²) in [6, 6.07) is 19.2. The number of carbonyl (C=O) groups excluding carboxylic acids is 1. The minimum absolute atomic E-state index is 0.255. The SMILES string of the molecule is CCOc1cc(C=C(NC(=O)c2ccccc2)C(=O)O)cc(I)c1OCc1cccc(Cl)c1. The van der Waals surface area contributed by atoms with Crippen molar-refractivity contribution in [1.82, 2.24) is 5.32 Å². The summed E-state index contributed by atoms with van der Waals surface area (Å²) in [5.74, 6) is -0.754. The molecule has 2 N–H and O–H groups in total. The molecule has 0 saturated heterocycles.